The van der Waals surface area contributed by atoms with E-state index in [0.717, 1.165) is 0 Å². The number of ether oxygens (including phenoxy) is 1. The first-order valence-electron chi connectivity index (χ1n) is 3.80. The van der Waals surface area contributed by atoms with Gasteiger partial charge < -0.3 is 9.29 Å². The molecule has 0 saturated carbocycles. The molecule has 15 heavy (non-hydrogen) atoms. The van der Waals surface area contributed by atoms with Crippen LogP contribution >= 0.6 is 0 Å². The van der Waals surface area contributed by atoms with Crippen LogP contribution in [0, 0.1) is 0 Å². The van der Waals surface area contributed by atoms with Gasteiger partial charge in [-0.1, -0.05) is 18.2 Å². The van der Waals surface area contributed by atoms with Crippen molar-refractivity contribution in [2.45, 2.75) is 0 Å². The minimum atomic E-state index is -4.33. The van der Waals surface area contributed by atoms with Gasteiger partial charge in [0.1, 0.15) is 15.9 Å². The second-order valence-electron chi connectivity index (χ2n) is 2.54. The zero-order chi connectivity index (χ0) is 10.6. The fourth-order valence-electron chi connectivity index (χ4n) is 0.961. The van der Waals surface area contributed by atoms with Crippen molar-refractivity contribution in [1.29, 1.82) is 0 Å². The molecule has 0 N–H and O–H groups in total. The summed E-state index contributed by atoms with van der Waals surface area (Å²) in [5, 5.41) is 0.602. The van der Waals surface area contributed by atoms with Gasteiger partial charge in [-0.2, -0.15) is 0 Å². The summed E-state index contributed by atoms with van der Waals surface area (Å²) < 4.78 is 35.9. The molecule has 0 spiro atoms. The first kappa shape index (κ1) is 15.3. The van der Waals surface area contributed by atoms with Gasteiger partial charge in [0, 0.05) is 11.0 Å². The molecular weight excluding hydrogens is 243 g/mol. The van der Waals surface area contributed by atoms with Crippen molar-refractivity contribution in [2.75, 3.05) is 7.11 Å². The fourth-order valence-corrected chi connectivity index (χ4v) is 1.27. The Morgan fingerprint density at radius 3 is 2.47 bits per heavy atom. The summed E-state index contributed by atoms with van der Waals surface area (Å²) >= 11 is 0. The Balaban J connectivity index is 0.00000196. The standard InChI is InChI=1S/C9H10O4S.K/c1-13-9-5-3-2-4-8(9)6-7-14(10,11)12;/h2-7H,1H3,(H,10,11,12);/q;+1/p-1/b7-6+;. The van der Waals surface area contributed by atoms with E-state index in [2.05, 4.69) is 0 Å². The molecule has 0 aromatic heterocycles. The summed E-state index contributed by atoms with van der Waals surface area (Å²) in [5.74, 6) is 0.521. The van der Waals surface area contributed by atoms with E-state index in [-0.39, 0.29) is 51.4 Å². The number of para-hydroxylation sites is 1. The average molecular weight is 252 g/mol. The third kappa shape index (κ3) is 5.81. The molecular formula is C9H9KO4S. The van der Waals surface area contributed by atoms with Gasteiger partial charge in [-0.05, 0) is 12.1 Å². The Labute approximate surface area is 132 Å². The summed E-state index contributed by atoms with van der Waals surface area (Å²) in [6.45, 7) is 0. The van der Waals surface area contributed by atoms with Crippen LogP contribution in [0.4, 0.5) is 0 Å². The second-order valence-corrected chi connectivity index (χ2v) is 3.80. The topological polar surface area (TPSA) is 66.4 Å². The van der Waals surface area contributed by atoms with Crippen molar-refractivity contribution < 1.29 is 69.1 Å². The molecule has 4 nitrogen and oxygen atoms in total. The molecule has 6 heteroatoms. The predicted octanol–water partition coefficient (Wildman–Crippen LogP) is -1.78. The number of rotatable bonds is 3. The van der Waals surface area contributed by atoms with Crippen molar-refractivity contribution in [3.05, 3.63) is 35.2 Å². The van der Waals surface area contributed by atoms with E-state index in [4.69, 9.17) is 4.74 Å². The monoisotopic (exact) mass is 252 g/mol. The molecule has 0 aliphatic carbocycles. The molecule has 0 radical (unpaired) electrons. The Bertz CT molecular complexity index is 439. The Morgan fingerprint density at radius 2 is 1.93 bits per heavy atom. The molecule has 0 aliphatic heterocycles. The smallest absolute Gasteiger partial charge is 0.744 e. The largest absolute Gasteiger partial charge is 1.00 e. The fraction of sp³-hybridized carbons (Fsp3) is 0.111. The van der Waals surface area contributed by atoms with E-state index in [9.17, 15) is 13.0 Å². The first-order chi connectivity index (χ1) is 6.53. The Hall–Kier alpha value is 0.306. The minimum absolute atomic E-state index is 0. The normalized spacial score (nSPS) is 11.1. The Kier molecular flexibility index (Phi) is 6.93. The molecule has 0 heterocycles. The van der Waals surface area contributed by atoms with E-state index < -0.39 is 10.1 Å². The van der Waals surface area contributed by atoms with Crippen LogP contribution < -0.4 is 56.1 Å². The van der Waals surface area contributed by atoms with Crippen molar-refractivity contribution in [3.8, 4) is 5.75 Å². The molecule has 1 rings (SSSR count). The summed E-state index contributed by atoms with van der Waals surface area (Å²) in [7, 11) is -2.86. The molecule has 0 fully saturated rings. The maximum atomic E-state index is 10.3. The van der Waals surface area contributed by atoms with E-state index in [1.807, 2.05) is 0 Å². The van der Waals surface area contributed by atoms with Crippen LogP contribution in [-0.4, -0.2) is 20.1 Å². The van der Waals surface area contributed by atoms with E-state index in [0.29, 0.717) is 16.7 Å². The molecule has 1 aromatic rings. The number of hydrogen-bond acceptors (Lipinski definition) is 4. The predicted molar refractivity (Wildman–Crippen MR) is 51.7 cm³/mol. The van der Waals surface area contributed by atoms with E-state index >= 15 is 0 Å². The van der Waals surface area contributed by atoms with Gasteiger partial charge in [-0.3, -0.25) is 0 Å². The molecule has 1 aromatic carbocycles. The van der Waals surface area contributed by atoms with Gasteiger partial charge in [0.05, 0.1) is 7.11 Å². The summed E-state index contributed by atoms with van der Waals surface area (Å²) in [5.41, 5.74) is 0.550. The minimum Gasteiger partial charge on any atom is -0.744 e. The Morgan fingerprint density at radius 1 is 1.33 bits per heavy atom. The van der Waals surface area contributed by atoms with Crippen LogP contribution in [0.15, 0.2) is 29.7 Å². The van der Waals surface area contributed by atoms with Crippen molar-refractivity contribution in [3.63, 3.8) is 0 Å². The van der Waals surface area contributed by atoms with Gasteiger partial charge in [-0.25, -0.2) is 8.42 Å². The van der Waals surface area contributed by atoms with Crippen molar-refractivity contribution in [1.82, 2.24) is 0 Å². The van der Waals surface area contributed by atoms with Crippen LogP contribution in [0.25, 0.3) is 6.08 Å². The van der Waals surface area contributed by atoms with Crippen LogP contribution in [0.3, 0.4) is 0 Å². The van der Waals surface area contributed by atoms with Crippen LogP contribution in [0.2, 0.25) is 0 Å². The maximum Gasteiger partial charge on any atom is 1.00 e. The van der Waals surface area contributed by atoms with Gasteiger partial charge in [0.25, 0.3) is 0 Å². The van der Waals surface area contributed by atoms with Gasteiger partial charge in [0.15, 0.2) is 0 Å². The number of benzene rings is 1. The molecule has 0 amide bonds. The molecule has 0 aliphatic rings. The van der Waals surface area contributed by atoms with Gasteiger partial charge in [0.2, 0.25) is 0 Å². The first-order valence-corrected chi connectivity index (χ1v) is 5.27. The molecule has 76 valence electrons. The van der Waals surface area contributed by atoms with Crippen LogP contribution in [0.5, 0.6) is 5.75 Å². The van der Waals surface area contributed by atoms with Crippen LogP contribution in [0.1, 0.15) is 5.56 Å². The number of hydrogen-bond donors (Lipinski definition) is 0. The van der Waals surface area contributed by atoms with Crippen LogP contribution in [-0.2, 0) is 10.1 Å². The van der Waals surface area contributed by atoms with Crippen molar-refractivity contribution >= 4 is 16.2 Å². The molecule has 0 saturated heterocycles. The quantitative estimate of drug-likeness (QED) is 0.471. The SMILES string of the molecule is COc1ccccc1/C=C/S(=O)(=O)[O-].[K+]. The summed E-state index contributed by atoms with van der Waals surface area (Å²) in [6, 6.07) is 6.80. The third-order valence-electron chi connectivity index (χ3n) is 1.55. The zero-order valence-electron chi connectivity index (χ0n) is 8.51. The summed E-state index contributed by atoms with van der Waals surface area (Å²) in [6.07, 6.45) is 1.21. The zero-order valence-corrected chi connectivity index (χ0v) is 12.4. The number of methoxy groups -OCH3 is 1. The van der Waals surface area contributed by atoms with Crippen molar-refractivity contribution in [2.24, 2.45) is 0 Å². The summed E-state index contributed by atoms with van der Waals surface area (Å²) in [4.78, 5) is 0. The van der Waals surface area contributed by atoms with E-state index in [1.54, 1.807) is 24.3 Å². The maximum absolute atomic E-state index is 10.3. The second kappa shape index (κ2) is 6.80. The van der Waals surface area contributed by atoms with Gasteiger partial charge in [-0.15, -0.1) is 0 Å². The third-order valence-corrected chi connectivity index (χ3v) is 2.02. The van der Waals surface area contributed by atoms with E-state index in [1.165, 1.54) is 13.2 Å². The molecule has 0 atom stereocenters. The molecule has 0 unspecified atom stereocenters. The molecule has 0 bridgehead atoms. The average Bonchev–Trinajstić information content (AvgIpc) is 2.14. The van der Waals surface area contributed by atoms with Gasteiger partial charge >= 0.3 is 51.4 Å².